The highest BCUT2D eigenvalue weighted by Crippen LogP contribution is 2.46. The Morgan fingerprint density at radius 1 is 0.373 bits per heavy atom. The van der Waals surface area contributed by atoms with Crippen LogP contribution in [0.3, 0.4) is 0 Å². The van der Waals surface area contributed by atoms with Crippen molar-refractivity contribution in [2.75, 3.05) is 28.3 Å². The highest BCUT2D eigenvalue weighted by atomic mass is 32.2. The topological polar surface area (TPSA) is 473 Å². The molecule has 8 rings (SSSR count). The fourth-order valence-electron chi connectivity index (χ4n) is 7.04. The van der Waals surface area contributed by atoms with E-state index in [2.05, 4.69) is 46.2 Å². The van der Waals surface area contributed by atoms with Crippen LogP contribution in [-0.2, 0) is 40.5 Å². The number of hydrogen-bond donors (Lipinski definition) is 11. The molecular weight excluding hydrogens is 1060 g/mol. The second-order valence-electron chi connectivity index (χ2n) is 15.8. The molecule has 0 fully saturated rings. The maximum atomic E-state index is 12.7. The first-order valence-electron chi connectivity index (χ1n) is 20.7. The van der Waals surface area contributed by atoms with Gasteiger partial charge in [0.05, 0.1) is 34.1 Å². The van der Waals surface area contributed by atoms with Gasteiger partial charge in [0.25, 0.3) is 40.5 Å². The van der Waals surface area contributed by atoms with E-state index in [1.807, 2.05) is 0 Å². The first-order valence-corrected chi connectivity index (χ1v) is 26.4. The van der Waals surface area contributed by atoms with E-state index in [0.717, 1.165) is 36.4 Å². The minimum atomic E-state index is -5.30. The van der Waals surface area contributed by atoms with Crippen LogP contribution in [0.15, 0.2) is 182 Å². The van der Waals surface area contributed by atoms with Crippen LogP contribution in [0, 0.1) is 0 Å². The van der Waals surface area contributed by atoms with E-state index in [1.54, 1.807) is 12.1 Å². The first kappa shape index (κ1) is 52.2. The predicted molar refractivity (Wildman–Crippen MR) is 274 cm³/mol. The Balaban J connectivity index is 1.08. The van der Waals surface area contributed by atoms with Gasteiger partial charge in [-0.2, -0.15) is 49.0 Å². The summed E-state index contributed by atoms with van der Waals surface area (Å²) >= 11 is 0. The zero-order valence-electron chi connectivity index (χ0n) is 37.5. The van der Waals surface area contributed by atoms with Crippen LogP contribution >= 0.6 is 0 Å². The lowest BCUT2D eigenvalue weighted by Gasteiger charge is -2.12. The molecule has 0 radical (unpaired) electrons. The molecule has 0 aliphatic rings. The van der Waals surface area contributed by atoms with Gasteiger partial charge in [0.15, 0.2) is 11.5 Å². The predicted octanol–water partition coefficient (Wildman–Crippen LogP) is 10.1. The molecule has 15 N–H and O–H groups in total. The second-order valence-corrected chi connectivity index (χ2v) is 21.3. The normalized spacial score (nSPS) is 12.8. The molecule has 75 heavy (non-hydrogen) atoms. The third-order valence-corrected chi connectivity index (χ3v) is 14.1. The molecule has 0 aliphatic heterocycles. The number of phenols is 2. The molecular formula is C44H35N13O14S4. The second kappa shape index (κ2) is 19.7. The molecule has 0 amide bonds. The number of anilines is 6. The van der Waals surface area contributed by atoms with Gasteiger partial charge in [0.2, 0.25) is 0 Å². The summed E-state index contributed by atoms with van der Waals surface area (Å²) in [5.41, 5.74) is 22.3. The van der Waals surface area contributed by atoms with Crippen LogP contribution < -0.4 is 28.3 Å². The van der Waals surface area contributed by atoms with Crippen LogP contribution in [0.2, 0.25) is 0 Å². The monoisotopic (exact) mass is 1100 g/mol. The van der Waals surface area contributed by atoms with E-state index >= 15 is 0 Å². The molecule has 384 valence electrons. The molecule has 31 heteroatoms. The van der Waals surface area contributed by atoms with Crippen molar-refractivity contribution in [3.05, 3.63) is 121 Å². The van der Waals surface area contributed by atoms with Crippen LogP contribution in [-0.4, -0.2) is 62.1 Å². The van der Waals surface area contributed by atoms with Crippen molar-refractivity contribution in [1.29, 1.82) is 0 Å². The zero-order chi connectivity index (χ0) is 54.4. The highest BCUT2D eigenvalue weighted by Gasteiger charge is 2.27. The minimum Gasteiger partial charge on any atom is -0.505 e. The van der Waals surface area contributed by atoms with Crippen LogP contribution in [0.5, 0.6) is 11.5 Å². The maximum Gasteiger partial charge on any atom is 0.296 e. The number of rotatable bonds is 14. The molecule has 0 unspecified atom stereocenters. The highest BCUT2D eigenvalue weighted by molar-refractivity contribution is 7.86. The zero-order valence-corrected chi connectivity index (χ0v) is 40.8. The molecule has 8 aromatic rings. The summed E-state index contributed by atoms with van der Waals surface area (Å²) in [5, 5.41) is 56.3. The van der Waals surface area contributed by atoms with Crippen molar-refractivity contribution < 1.29 is 62.1 Å². The minimum absolute atomic E-state index is 0.0228. The van der Waals surface area contributed by atoms with E-state index in [4.69, 9.17) is 22.9 Å². The van der Waals surface area contributed by atoms with E-state index < -0.39 is 88.6 Å². The number of fused-ring (bicyclic) bond motifs is 2. The quantitative estimate of drug-likeness (QED) is 0.0274. The maximum absolute atomic E-state index is 12.7. The molecule has 0 saturated carbocycles. The smallest absolute Gasteiger partial charge is 0.296 e. The van der Waals surface area contributed by atoms with Gasteiger partial charge in [-0.25, -0.2) is 0 Å². The van der Waals surface area contributed by atoms with E-state index in [-0.39, 0.29) is 72.7 Å². The van der Waals surface area contributed by atoms with Crippen molar-refractivity contribution in [2.24, 2.45) is 40.9 Å². The summed E-state index contributed by atoms with van der Waals surface area (Å²) < 4.78 is 140. The van der Waals surface area contributed by atoms with Crippen LogP contribution in [0.1, 0.15) is 0 Å². The Morgan fingerprint density at radius 2 is 0.800 bits per heavy atom. The van der Waals surface area contributed by atoms with Gasteiger partial charge < -0.3 is 38.5 Å². The number of nitrogens with two attached hydrogens (primary N) is 4. The molecule has 0 saturated heterocycles. The number of phenolic OH excluding ortho intramolecular Hbond substituents is 2. The SMILES string of the molecule is Nc1ccc(N=Nc2ccc3cc(S(=O)(=O)O)c(N=Nc4ccc(Nc5ccc(N=Nc6c(S(=O)(=O)O)cc7cc(S(=O)(=O)O)c(N=Nc8ccc(N)cc8N)cc7c6O)cc5S(=O)(=O)O)cc4)c(O)c3c2)c(N)c1. The molecule has 0 aliphatic carbocycles. The van der Waals surface area contributed by atoms with Gasteiger partial charge in [-0.05, 0) is 126 Å². The standard InChI is InChI=1S/C44H35N13O14S4/c45-23-2-10-33(31(47)16-23)53-51-27-4-1-21-13-39(74(66,67)68)41(43(58)29(21)18-27)56-50-26-7-5-25(6-8-26)49-35-12-9-28(19-38(35)73(63,64)65)52-57-42-40(75(69,70)71)15-22-14-37(72(60,61)62)36(20-30(22)44(42)59)55-54-34-11-3-24(46)17-32(34)48/h1-20,49,58-59H,45-48H2,(H,60,61,62)(H,63,64,65)(H,66,67,68)(H,69,70,71). The Hall–Kier alpha value is -9.08. The average Bonchev–Trinajstić information content (AvgIpc) is 3.32. The van der Waals surface area contributed by atoms with Crippen molar-refractivity contribution in [2.45, 2.75) is 19.6 Å². The third kappa shape index (κ3) is 11.6. The number of benzene rings is 8. The average molecular weight is 1100 g/mol. The molecule has 0 aromatic heterocycles. The fraction of sp³-hybridized carbons (Fsp3) is 0. The molecule has 0 atom stereocenters. The van der Waals surface area contributed by atoms with Gasteiger partial charge in [-0.3, -0.25) is 18.2 Å². The molecule has 27 nitrogen and oxygen atoms in total. The number of aromatic hydroxyl groups is 2. The summed E-state index contributed by atoms with van der Waals surface area (Å²) in [7, 11) is -20.5. The van der Waals surface area contributed by atoms with E-state index in [9.17, 15) is 62.1 Å². The molecule has 0 spiro atoms. The number of nitrogen functional groups attached to an aromatic ring is 4. The van der Waals surface area contributed by atoms with Gasteiger partial charge >= 0.3 is 0 Å². The van der Waals surface area contributed by atoms with Crippen molar-refractivity contribution in [1.82, 2.24) is 0 Å². The number of hydrogen-bond acceptors (Lipinski definition) is 23. The fourth-order valence-corrected chi connectivity index (χ4v) is 9.67. The molecule has 8 aromatic carbocycles. The van der Waals surface area contributed by atoms with Gasteiger partial charge in [-0.15, -0.1) is 25.6 Å². The molecule has 0 bridgehead atoms. The van der Waals surface area contributed by atoms with Gasteiger partial charge in [-0.1, -0.05) is 6.07 Å². The van der Waals surface area contributed by atoms with Crippen molar-refractivity contribution in [3.63, 3.8) is 0 Å². The van der Waals surface area contributed by atoms with Gasteiger partial charge in [0, 0.05) is 27.8 Å². The lowest BCUT2D eigenvalue weighted by atomic mass is 10.1. The summed E-state index contributed by atoms with van der Waals surface area (Å²) in [6, 6.07) is 24.8. The van der Waals surface area contributed by atoms with Crippen LogP contribution in [0.4, 0.5) is 79.6 Å². The lowest BCUT2D eigenvalue weighted by Crippen LogP contribution is -2.03. The van der Waals surface area contributed by atoms with Crippen molar-refractivity contribution >= 4 is 142 Å². The number of nitrogens with one attached hydrogen (secondary N) is 1. The number of azo groups is 4. The Morgan fingerprint density at radius 3 is 1.33 bits per heavy atom. The molecule has 0 heterocycles. The van der Waals surface area contributed by atoms with Crippen LogP contribution in [0.25, 0.3) is 21.5 Å². The Bertz CT molecular complexity index is 4290. The van der Waals surface area contributed by atoms with E-state index in [0.29, 0.717) is 17.4 Å². The summed E-state index contributed by atoms with van der Waals surface area (Å²) in [5.74, 6) is -1.71. The van der Waals surface area contributed by atoms with Gasteiger partial charge in [0.1, 0.15) is 48.0 Å². The summed E-state index contributed by atoms with van der Waals surface area (Å²) in [4.78, 5) is -3.58. The summed E-state index contributed by atoms with van der Waals surface area (Å²) in [6.07, 6.45) is 0. The largest absolute Gasteiger partial charge is 0.505 e. The third-order valence-electron chi connectivity index (χ3n) is 10.6. The number of nitrogens with zero attached hydrogens (tertiary/aromatic N) is 8. The Labute approximate surface area is 423 Å². The lowest BCUT2D eigenvalue weighted by molar-refractivity contribution is 0.471. The summed E-state index contributed by atoms with van der Waals surface area (Å²) in [6.45, 7) is 0. The van der Waals surface area contributed by atoms with Crippen molar-refractivity contribution in [3.8, 4) is 11.5 Å². The Kier molecular flexibility index (Phi) is 13.8. The van der Waals surface area contributed by atoms with E-state index in [1.165, 1.54) is 66.7 Å². The first-order chi connectivity index (χ1) is 35.1.